The Morgan fingerprint density at radius 1 is 1.44 bits per heavy atom. The van der Waals surface area contributed by atoms with Crippen LogP contribution in [0.25, 0.3) is 0 Å². The van der Waals surface area contributed by atoms with Crippen LogP contribution in [0.2, 0.25) is 5.02 Å². The average Bonchev–Trinajstić information content (AvgIpc) is 2.72. The molecule has 0 atom stereocenters. The van der Waals surface area contributed by atoms with Gasteiger partial charge in [0.1, 0.15) is 0 Å². The minimum atomic E-state index is -0.669. The third-order valence-corrected chi connectivity index (χ3v) is 4.71. The van der Waals surface area contributed by atoms with E-state index in [9.17, 15) is 9.18 Å². The number of hydrogen-bond acceptors (Lipinski definition) is 2. The Kier molecular flexibility index (Phi) is 4.09. The minimum Gasteiger partial charge on any atom is -0.325 e. The molecule has 1 aromatic carbocycles. The van der Waals surface area contributed by atoms with Gasteiger partial charge >= 0.3 is 0 Å². The average molecular weight is 335 g/mol. The maximum atomic E-state index is 13.9. The molecule has 2 nitrogen and oxygen atoms in total. The molecule has 1 aliphatic rings. The number of halogens is 3. The Hall–Kier alpha value is -0.450. The topological polar surface area (TPSA) is 43.1 Å². The van der Waals surface area contributed by atoms with Crippen LogP contribution in [-0.4, -0.2) is 11.3 Å². The molecule has 1 aliphatic carbocycles. The highest BCUT2D eigenvalue weighted by atomic mass is 79.9. The zero-order chi connectivity index (χ0) is 13.3. The number of carbonyl (C=O) groups is 1. The van der Waals surface area contributed by atoms with Gasteiger partial charge < -0.3 is 5.73 Å². The van der Waals surface area contributed by atoms with Gasteiger partial charge in [0.05, 0.1) is 10.6 Å². The number of carbonyl (C=O) groups excluding carboxylic acids is 1. The van der Waals surface area contributed by atoms with E-state index in [1.807, 2.05) is 0 Å². The summed E-state index contributed by atoms with van der Waals surface area (Å²) in [6, 6.07) is 3.03. The monoisotopic (exact) mass is 333 g/mol. The first-order chi connectivity index (χ1) is 8.43. The number of hydrogen-bond donors (Lipinski definition) is 1. The van der Waals surface area contributed by atoms with E-state index < -0.39 is 11.4 Å². The zero-order valence-electron chi connectivity index (χ0n) is 9.81. The predicted octanol–water partition coefficient (Wildman–Crippen LogP) is 4.09. The molecule has 98 valence electrons. The molecular formula is C13H14BrClFNO. The maximum Gasteiger partial charge on any atom is 0.167 e. The van der Waals surface area contributed by atoms with Crippen molar-refractivity contribution in [2.45, 2.75) is 37.6 Å². The number of rotatable bonds is 3. The predicted molar refractivity (Wildman–Crippen MR) is 73.4 cm³/mol. The third-order valence-electron chi connectivity index (χ3n) is 3.45. The maximum absolute atomic E-state index is 13.9. The van der Waals surface area contributed by atoms with Gasteiger partial charge in [-0.3, -0.25) is 4.79 Å². The van der Waals surface area contributed by atoms with Crippen molar-refractivity contribution >= 4 is 33.3 Å². The number of Topliss-reactive ketones (excluding diaryl/α,β-unsaturated/α-hetero) is 1. The standard InChI is InChI=1S/C13H14BrClFNO/c14-9-4-3-8(12(16)11(9)15)10(18)7-13(17)5-1-2-6-13/h3-4H,1-2,5-7,17H2. The molecule has 0 radical (unpaired) electrons. The number of benzene rings is 1. The van der Waals surface area contributed by atoms with Crippen LogP contribution in [0.5, 0.6) is 0 Å². The van der Waals surface area contributed by atoms with Gasteiger partial charge in [-0.15, -0.1) is 0 Å². The summed E-state index contributed by atoms with van der Waals surface area (Å²) in [5.74, 6) is -0.941. The van der Waals surface area contributed by atoms with Crippen molar-refractivity contribution in [1.82, 2.24) is 0 Å². The molecule has 0 amide bonds. The van der Waals surface area contributed by atoms with Gasteiger partial charge in [0.15, 0.2) is 11.6 Å². The highest BCUT2D eigenvalue weighted by molar-refractivity contribution is 9.10. The highest BCUT2D eigenvalue weighted by Crippen LogP contribution is 2.33. The molecule has 5 heteroatoms. The summed E-state index contributed by atoms with van der Waals surface area (Å²) in [6.07, 6.45) is 3.90. The molecule has 18 heavy (non-hydrogen) atoms. The summed E-state index contributed by atoms with van der Waals surface area (Å²) >= 11 is 8.89. The fraction of sp³-hybridized carbons (Fsp3) is 0.462. The summed E-state index contributed by atoms with van der Waals surface area (Å²) < 4.78 is 14.3. The van der Waals surface area contributed by atoms with Crippen LogP contribution in [0.3, 0.4) is 0 Å². The van der Waals surface area contributed by atoms with E-state index in [0.29, 0.717) is 4.47 Å². The lowest BCUT2D eigenvalue weighted by Gasteiger charge is -2.22. The summed E-state index contributed by atoms with van der Waals surface area (Å²) in [7, 11) is 0. The molecule has 1 aromatic rings. The molecule has 0 bridgehead atoms. The smallest absolute Gasteiger partial charge is 0.167 e. The van der Waals surface area contributed by atoms with Gasteiger partial charge in [-0.05, 0) is 40.9 Å². The molecule has 1 fully saturated rings. The quantitative estimate of drug-likeness (QED) is 0.668. The van der Waals surface area contributed by atoms with Crippen molar-refractivity contribution in [2.24, 2.45) is 5.73 Å². The van der Waals surface area contributed by atoms with E-state index in [0.717, 1.165) is 25.7 Å². The van der Waals surface area contributed by atoms with Crippen LogP contribution in [0.1, 0.15) is 42.5 Å². The van der Waals surface area contributed by atoms with E-state index >= 15 is 0 Å². The van der Waals surface area contributed by atoms with E-state index in [4.69, 9.17) is 17.3 Å². The number of nitrogens with two attached hydrogens (primary N) is 1. The summed E-state index contributed by atoms with van der Waals surface area (Å²) in [5, 5.41) is -0.0571. The third kappa shape index (κ3) is 2.76. The first kappa shape index (κ1) is 14.0. The first-order valence-corrected chi connectivity index (χ1v) is 7.06. The van der Waals surface area contributed by atoms with Crippen molar-refractivity contribution in [1.29, 1.82) is 0 Å². The van der Waals surface area contributed by atoms with Crippen molar-refractivity contribution in [2.75, 3.05) is 0 Å². The van der Waals surface area contributed by atoms with Gasteiger partial charge in [0.2, 0.25) is 0 Å². The van der Waals surface area contributed by atoms with E-state index in [1.54, 1.807) is 6.07 Å². The lowest BCUT2D eigenvalue weighted by atomic mass is 9.90. The molecule has 0 spiro atoms. The van der Waals surface area contributed by atoms with Crippen molar-refractivity contribution in [3.63, 3.8) is 0 Å². The molecule has 0 aliphatic heterocycles. The molecule has 0 saturated heterocycles. The van der Waals surface area contributed by atoms with Crippen LogP contribution < -0.4 is 5.73 Å². The summed E-state index contributed by atoms with van der Waals surface area (Å²) in [4.78, 5) is 12.1. The SMILES string of the molecule is NC1(CC(=O)c2ccc(Br)c(Cl)c2F)CCCC1. The van der Waals surface area contributed by atoms with E-state index in [-0.39, 0.29) is 22.8 Å². The molecular weight excluding hydrogens is 321 g/mol. The van der Waals surface area contributed by atoms with Crippen molar-refractivity contribution < 1.29 is 9.18 Å². The van der Waals surface area contributed by atoms with Crippen LogP contribution in [0.4, 0.5) is 4.39 Å². The summed E-state index contributed by atoms with van der Waals surface area (Å²) in [6.45, 7) is 0. The molecule has 2 rings (SSSR count). The number of ketones is 1. The van der Waals surface area contributed by atoms with Crippen molar-refractivity contribution in [3.8, 4) is 0 Å². The minimum absolute atomic E-state index is 0.0277. The normalized spacial score (nSPS) is 18.0. The Labute approximate surface area is 119 Å². The van der Waals surface area contributed by atoms with Crippen LogP contribution >= 0.6 is 27.5 Å². The Balaban J connectivity index is 2.22. The van der Waals surface area contributed by atoms with Crippen LogP contribution in [0.15, 0.2) is 16.6 Å². The lowest BCUT2D eigenvalue weighted by Crippen LogP contribution is -2.38. The van der Waals surface area contributed by atoms with Gasteiger partial charge in [-0.25, -0.2) is 4.39 Å². The van der Waals surface area contributed by atoms with E-state index in [1.165, 1.54) is 6.07 Å². The molecule has 1 saturated carbocycles. The Morgan fingerprint density at radius 2 is 2.06 bits per heavy atom. The van der Waals surface area contributed by atoms with Gasteiger partial charge in [0, 0.05) is 16.4 Å². The molecule has 0 heterocycles. The van der Waals surface area contributed by atoms with Crippen molar-refractivity contribution in [3.05, 3.63) is 33.0 Å². The second-order valence-electron chi connectivity index (χ2n) is 4.89. The zero-order valence-corrected chi connectivity index (χ0v) is 12.2. The van der Waals surface area contributed by atoms with Gasteiger partial charge in [-0.2, -0.15) is 0 Å². The van der Waals surface area contributed by atoms with Gasteiger partial charge in [0.25, 0.3) is 0 Å². The van der Waals surface area contributed by atoms with Gasteiger partial charge in [-0.1, -0.05) is 24.4 Å². The molecule has 2 N–H and O–H groups in total. The molecule has 0 unspecified atom stereocenters. The van der Waals surface area contributed by atoms with E-state index in [2.05, 4.69) is 15.9 Å². The Bertz CT molecular complexity index is 486. The lowest BCUT2D eigenvalue weighted by molar-refractivity contribution is 0.0948. The fourth-order valence-corrected chi connectivity index (χ4v) is 2.88. The highest BCUT2D eigenvalue weighted by Gasteiger charge is 2.32. The van der Waals surface area contributed by atoms with Crippen LogP contribution in [0, 0.1) is 5.82 Å². The first-order valence-electron chi connectivity index (χ1n) is 5.88. The second kappa shape index (κ2) is 5.27. The second-order valence-corrected chi connectivity index (χ2v) is 6.12. The Morgan fingerprint density at radius 3 is 2.67 bits per heavy atom. The summed E-state index contributed by atoms with van der Waals surface area (Å²) in [5.41, 5.74) is 5.69. The fourth-order valence-electron chi connectivity index (χ4n) is 2.41. The molecule has 0 aromatic heterocycles. The van der Waals surface area contributed by atoms with Crippen LogP contribution in [-0.2, 0) is 0 Å². The largest absolute Gasteiger partial charge is 0.325 e.